The molecule has 0 spiro atoms. The highest BCUT2D eigenvalue weighted by atomic mass is 19.4. The Morgan fingerprint density at radius 3 is 2.14 bits per heavy atom. The third-order valence-electron chi connectivity index (χ3n) is 3.03. The van der Waals surface area contributed by atoms with Gasteiger partial charge in [0.25, 0.3) is 0 Å². The van der Waals surface area contributed by atoms with Crippen molar-refractivity contribution in [2.75, 3.05) is 14.2 Å². The number of halogens is 3. The number of rotatable bonds is 4. The molecule has 1 N–H and O–H groups in total. The molecule has 0 bridgehead atoms. The van der Waals surface area contributed by atoms with Crippen molar-refractivity contribution in [3.05, 3.63) is 53.2 Å². The van der Waals surface area contributed by atoms with Crippen LogP contribution in [0.3, 0.4) is 0 Å². The Morgan fingerprint density at radius 2 is 1.71 bits per heavy atom. The van der Waals surface area contributed by atoms with Gasteiger partial charge in [-0.25, -0.2) is 0 Å². The fourth-order valence-electron chi connectivity index (χ4n) is 1.94. The van der Waals surface area contributed by atoms with Gasteiger partial charge >= 0.3 is 6.18 Å². The number of hydrogen-bond donors (Lipinski definition) is 1. The van der Waals surface area contributed by atoms with Crippen molar-refractivity contribution >= 4 is 0 Å². The monoisotopic (exact) mass is 297 g/mol. The van der Waals surface area contributed by atoms with Gasteiger partial charge in [0.15, 0.2) is 0 Å². The molecular formula is C14H14F3N3O. The molecule has 0 radical (unpaired) electrons. The van der Waals surface area contributed by atoms with Crippen LogP contribution < -0.4 is 10.1 Å². The first-order valence-electron chi connectivity index (χ1n) is 6.17. The van der Waals surface area contributed by atoms with Gasteiger partial charge < -0.3 is 10.1 Å². The van der Waals surface area contributed by atoms with Gasteiger partial charge in [-0.3, -0.25) is 0 Å². The maximum Gasteiger partial charge on any atom is 0.416 e. The van der Waals surface area contributed by atoms with Crippen molar-refractivity contribution in [1.82, 2.24) is 15.5 Å². The fraction of sp³-hybridized carbons (Fsp3) is 0.286. The van der Waals surface area contributed by atoms with Gasteiger partial charge in [-0.05, 0) is 30.8 Å². The Bertz CT molecular complexity index is 582. The average Bonchev–Trinajstić information content (AvgIpc) is 2.48. The summed E-state index contributed by atoms with van der Waals surface area (Å²) in [6, 6.07) is 7.98. The van der Waals surface area contributed by atoms with E-state index in [0.29, 0.717) is 17.1 Å². The minimum absolute atomic E-state index is 0.342. The van der Waals surface area contributed by atoms with Gasteiger partial charge in [-0.2, -0.15) is 13.2 Å². The first-order chi connectivity index (χ1) is 9.95. The number of aromatic nitrogens is 2. The smallest absolute Gasteiger partial charge is 0.416 e. The van der Waals surface area contributed by atoms with Gasteiger partial charge in [-0.1, -0.05) is 12.1 Å². The highest BCUT2D eigenvalue weighted by Gasteiger charge is 2.30. The number of ether oxygens (including phenoxy) is 1. The van der Waals surface area contributed by atoms with Gasteiger partial charge in [0, 0.05) is 6.07 Å². The summed E-state index contributed by atoms with van der Waals surface area (Å²) < 4.78 is 42.6. The molecule has 1 unspecified atom stereocenters. The van der Waals surface area contributed by atoms with E-state index in [-0.39, 0.29) is 6.04 Å². The number of nitrogens with one attached hydrogen (secondary N) is 1. The number of nitrogens with zero attached hydrogens (tertiary/aromatic N) is 2. The minimum atomic E-state index is -4.34. The van der Waals surface area contributed by atoms with Crippen molar-refractivity contribution in [2.45, 2.75) is 12.2 Å². The first kappa shape index (κ1) is 15.2. The van der Waals surface area contributed by atoms with E-state index in [1.807, 2.05) is 0 Å². The molecule has 0 saturated heterocycles. The van der Waals surface area contributed by atoms with E-state index in [9.17, 15) is 13.2 Å². The summed E-state index contributed by atoms with van der Waals surface area (Å²) in [5, 5.41) is 10.9. The zero-order chi connectivity index (χ0) is 15.5. The van der Waals surface area contributed by atoms with Crippen LogP contribution >= 0.6 is 0 Å². The zero-order valence-corrected chi connectivity index (χ0v) is 11.5. The molecule has 0 fully saturated rings. The molecule has 1 atom stereocenters. The quantitative estimate of drug-likeness (QED) is 0.942. The summed E-state index contributed by atoms with van der Waals surface area (Å²) in [4.78, 5) is 0. The SMILES string of the molecule is CNC(c1ccc(C(F)(F)F)cc1)c1ccc(OC)nn1. The predicted octanol–water partition coefficient (Wildman–Crippen LogP) is 2.81. The maximum absolute atomic E-state index is 12.6. The van der Waals surface area contributed by atoms with Gasteiger partial charge in [0.2, 0.25) is 5.88 Å². The molecule has 4 nitrogen and oxygen atoms in total. The molecule has 0 aliphatic carbocycles. The Hall–Kier alpha value is -2.15. The number of benzene rings is 1. The van der Waals surface area contributed by atoms with Crippen molar-refractivity contribution in [3.63, 3.8) is 0 Å². The van der Waals surface area contributed by atoms with E-state index in [4.69, 9.17) is 4.74 Å². The van der Waals surface area contributed by atoms with Crippen LogP contribution in [0.25, 0.3) is 0 Å². The van der Waals surface area contributed by atoms with E-state index in [1.165, 1.54) is 19.2 Å². The fourth-order valence-corrected chi connectivity index (χ4v) is 1.94. The summed E-state index contributed by atoms with van der Waals surface area (Å²) in [5.41, 5.74) is 0.588. The van der Waals surface area contributed by atoms with E-state index < -0.39 is 11.7 Å². The van der Waals surface area contributed by atoms with Crippen LogP contribution in [0.2, 0.25) is 0 Å². The topological polar surface area (TPSA) is 47.0 Å². The summed E-state index contributed by atoms with van der Waals surface area (Å²) in [5.74, 6) is 0.376. The average molecular weight is 297 g/mol. The summed E-state index contributed by atoms with van der Waals surface area (Å²) in [7, 11) is 3.18. The third-order valence-corrected chi connectivity index (χ3v) is 3.03. The van der Waals surface area contributed by atoms with Crippen LogP contribution in [-0.4, -0.2) is 24.4 Å². The highest BCUT2D eigenvalue weighted by molar-refractivity contribution is 5.31. The lowest BCUT2D eigenvalue weighted by Crippen LogP contribution is -2.19. The molecule has 0 saturated carbocycles. The lowest BCUT2D eigenvalue weighted by Gasteiger charge is -2.16. The molecular weight excluding hydrogens is 283 g/mol. The summed E-state index contributed by atoms with van der Waals surface area (Å²) >= 11 is 0. The van der Waals surface area contributed by atoms with Gasteiger partial charge in [0.1, 0.15) is 0 Å². The minimum Gasteiger partial charge on any atom is -0.480 e. The normalized spacial score (nSPS) is 13.0. The van der Waals surface area contributed by atoms with Crippen molar-refractivity contribution in [2.24, 2.45) is 0 Å². The number of methoxy groups -OCH3 is 1. The molecule has 21 heavy (non-hydrogen) atoms. The standard InChI is InChI=1S/C14H14F3N3O/c1-18-13(11-7-8-12(21-2)20-19-11)9-3-5-10(6-4-9)14(15,16)17/h3-8,13,18H,1-2H3. The molecule has 112 valence electrons. The molecule has 2 aromatic rings. The molecule has 0 aliphatic rings. The van der Waals surface area contributed by atoms with Crippen LogP contribution in [0.15, 0.2) is 36.4 Å². The lowest BCUT2D eigenvalue weighted by molar-refractivity contribution is -0.137. The molecule has 7 heteroatoms. The molecule has 1 heterocycles. The van der Waals surface area contributed by atoms with Crippen molar-refractivity contribution in [3.8, 4) is 5.88 Å². The van der Waals surface area contributed by atoms with Crippen LogP contribution in [-0.2, 0) is 6.18 Å². The number of hydrogen-bond acceptors (Lipinski definition) is 4. The van der Waals surface area contributed by atoms with E-state index in [2.05, 4.69) is 15.5 Å². The van der Waals surface area contributed by atoms with Gasteiger partial charge in [0.05, 0.1) is 24.4 Å². The third kappa shape index (κ3) is 3.49. The highest BCUT2D eigenvalue weighted by Crippen LogP contribution is 2.30. The van der Waals surface area contributed by atoms with Crippen molar-refractivity contribution < 1.29 is 17.9 Å². The van der Waals surface area contributed by atoms with E-state index in [0.717, 1.165) is 12.1 Å². The Morgan fingerprint density at radius 1 is 1.05 bits per heavy atom. The Kier molecular flexibility index (Phi) is 4.42. The molecule has 0 aliphatic heterocycles. The van der Waals surface area contributed by atoms with Gasteiger partial charge in [-0.15, -0.1) is 10.2 Å². The van der Waals surface area contributed by atoms with Crippen LogP contribution in [0.1, 0.15) is 22.9 Å². The van der Waals surface area contributed by atoms with E-state index in [1.54, 1.807) is 19.2 Å². The second-order valence-electron chi connectivity index (χ2n) is 4.34. The Labute approximate surface area is 120 Å². The lowest BCUT2D eigenvalue weighted by atomic mass is 10.0. The van der Waals surface area contributed by atoms with Crippen LogP contribution in [0.5, 0.6) is 5.88 Å². The zero-order valence-electron chi connectivity index (χ0n) is 11.5. The maximum atomic E-state index is 12.6. The predicted molar refractivity (Wildman–Crippen MR) is 70.9 cm³/mol. The molecule has 0 amide bonds. The number of alkyl halides is 3. The summed E-state index contributed by atoms with van der Waals surface area (Å²) in [6.07, 6.45) is -4.34. The second-order valence-corrected chi connectivity index (χ2v) is 4.34. The van der Waals surface area contributed by atoms with Crippen molar-refractivity contribution in [1.29, 1.82) is 0 Å². The van der Waals surface area contributed by atoms with Crippen LogP contribution in [0, 0.1) is 0 Å². The molecule has 2 rings (SSSR count). The second kappa shape index (κ2) is 6.09. The largest absolute Gasteiger partial charge is 0.480 e. The van der Waals surface area contributed by atoms with E-state index >= 15 is 0 Å². The molecule has 1 aromatic heterocycles. The summed E-state index contributed by atoms with van der Waals surface area (Å²) in [6.45, 7) is 0. The molecule has 1 aromatic carbocycles. The van der Waals surface area contributed by atoms with Crippen LogP contribution in [0.4, 0.5) is 13.2 Å². The first-order valence-corrected chi connectivity index (χ1v) is 6.17. The Balaban J connectivity index is 2.28.